The number of likely N-dealkylation sites (tertiary alicyclic amines) is 1. The van der Waals surface area contributed by atoms with E-state index in [0.29, 0.717) is 0 Å². The van der Waals surface area contributed by atoms with E-state index in [2.05, 4.69) is 11.4 Å². The van der Waals surface area contributed by atoms with E-state index in [9.17, 15) is 9.59 Å². The van der Waals surface area contributed by atoms with Crippen LogP contribution in [0.1, 0.15) is 43.4 Å². The molecule has 2 aromatic carbocycles. The fraction of sp³-hybridized carbons (Fsp3) is 0.417. The highest BCUT2D eigenvalue weighted by Crippen LogP contribution is 2.27. The van der Waals surface area contributed by atoms with Gasteiger partial charge in [0.2, 0.25) is 11.8 Å². The van der Waals surface area contributed by atoms with Gasteiger partial charge in [-0.2, -0.15) is 0 Å². The van der Waals surface area contributed by atoms with Crippen molar-refractivity contribution in [2.24, 2.45) is 0 Å². The number of nitrogens with zero attached hydrogens (tertiary/aromatic N) is 1. The van der Waals surface area contributed by atoms with E-state index in [1.807, 2.05) is 47.4 Å². The van der Waals surface area contributed by atoms with Gasteiger partial charge >= 0.3 is 0 Å². The van der Waals surface area contributed by atoms with Crippen LogP contribution in [-0.4, -0.2) is 43.5 Å². The molecule has 2 amide bonds. The van der Waals surface area contributed by atoms with Crippen LogP contribution in [0.4, 0.5) is 0 Å². The third-order valence-corrected chi connectivity index (χ3v) is 5.58. The van der Waals surface area contributed by atoms with Crippen LogP contribution < -0.4 is 14.8 Å². The van der Waals surface area contributed by atoms with Crippen LogP contribution in [0.25, 0.3) is 0 Å². The number of carbonyl (C=O) groups excluding carboxylic acids is 2. The third-order valence-electron chi connectivity index (χ3n) is 5.58. The molecule has 2 aromatic rings. The van der Waals surface area contributed by atoms with Crippen molar-refractivity contribution < 1.29 is 19.1 Å². The highest BCUT2D eigenvalue weighted by Gasteiger charge is 2.30. The lowest BCUT2D eigenvalue weighted by atomic mass is 10.0. The van der Waals surface area contributed by atoms with Crippen LogP contribution in [-0.2, 0) is 16.0 Å². The number of benzene rings is 2. The van der Waals surface area contributed by atoms with Crippen LogP contribution in [0.3, 0.4) is 0 Å². The zero-order chi connectivity index (χ0) is 21.5. The molecule has 1 aliphatic heterocycles. The number of nitrogens with one attached hydrogen (secondary N) is 1. The minimum absolute atomic E-state index is 0.0648. The molecule has 0 bridgehead atoms. The SMILES string of the molecule is COc1ccc(C(CC(=O)N2CCCC2Cc2cccc(OC)c2)NC(C)=O)cc1. The minimum atomic E-state index is -0.362. The van der Waals surface area contributed by atoms with Gasteiger partial charge in [-0.05, 0) is 54.7 Å². The van der Waals surface area contributed by atoms with E-state index < -0.39 is 0 Å². The fourth-order valence-corrected chi connectivity index (χ4v) is 4.07. The van der Waals surface area contributed by atoms with E-state index in [0.717, 1.165) is 48.4 Å². The normalized spacial score (nSPS) is 16.8. The first-order chi connectivity index (χ1) is 14.5. The molecule has 2 atom stereocenters. The number of hydrogen-bond acceptors (Lipinski definition) is 4. The second-order valence-corrected chi connectivity index (χ2v) is 7.67. The van der Waals surface area contributed by atoms with Crippen molar-refractivity contribution in [3.05, 3.63) is 59.7 Å². The molecule has 1 N–H and O–H groups in total. The molecule has 6 nitrogen and oxygen atoms in total. The first kappa shape index (κ1) is 21.7. The van der Waals surface area contributed by atoms with Crippen LogP contribution >= 0.6 is 0 Å². The van der Waals surface area contributed by atoms with Crippen molar-refractivity contribution in [1.29, 1.82) is 0 Å². The van der Waals surface area contributed by atoms with Crippen LogP contribution in [0, 0.1) is 0 Å². The molecule has 0 saturated carbocycles. The van der Waals surface area contributed by atoms with Crippen molar-refractivity contribution in [2.45, 2.75) is 44.7 Å². The summed E-state index contributed by atoms with van der Waals surface area (Å²) in [5.41, 5.74) is 2.05. The van der Waals surface area contributed by atoms with Gasteiger partial charge in [-0.25, -0.2) is 0 Å². The predicted octanol–water partition coefficient (Wildman–Crippen LogP) is 3.50. The zero-order valence-corrected chi connectivity index (χ0v) is 17.9. The molecule has 0 aliphatic carbocycles. The Morgan fingerprint density at radius 2 is 1.83 bits per heavy atom. The van der Waals surface area contributed by atoms with Crippen molar-refractivity contribution in [1.82, 2.24) is 10.2 Å². The van der Waals surface area contributed by atoms with E-state index >= 15 is 0 Å². The summed E-state index contributed by atoms with van der Waals surface area (Å²) in [6, 6.07) is 15.3. The van der Waals surface area contributed by atoms with Crippen molar-refractivity contribution >= 4 is 11.8 Å². The molecule has 160 valence electrons. The first-order valence-corrected chi connectivity index (χ1v) is 10.3. The summed E-state index contributed by atoms with van der Waals surface area (Å²) in [5.74, 6) is 1.48. The molecule has 2 unspecified atom stereocenters. The lowest BCUT2D eigenvalue weighted by Gasteiger charge is -2.27. The van der Waals surface area contributed by atoms with E-state index in [1.165, 1.54) is 6.92 Å². The van der Waals surface area contributed by atoms with E-state index in [4.69, 9.17) is 9.47 Å². The van der Waals surface area contributed by atoms with Gasteiger partial charge in [-0.1, -0.05) is 24.3 Å². The molecule has 3 rings (SSSR count). The second-order valence-electron chi connectivity index (χ2n) is 7.67. The summed E-state index contributed by atoms with van der Waals surface area (Å²) in [7, 11) is 3.27. The summed E-state index contributed by atoms with van der Waals surface area (Å²) in [6.45, 7) is 2.23. The monoisotopic (exact) mass is 410 g/mol. The van der Waals surface area contributed by atoms with Gasteiger partial charge in [0.1, 0.15) is 11.5 Å². The molecular formula is C24H30N2O4. The fourth-order valence-electron chi connectivity index (χ4n) is 4.07. The lowest BCUT2D eigenvalue weighted by molar-refractivity contribution is -0.132. The number of amides is 2. The van der Waals surface area contributed by atoms with Gasteiger partial charge in [-0.15, -0.1) is 0 Å². The highest BCUT2D eigenvalue weighted by atomic mass is 16.5. The van der Waals surface area contributed by atoms with Crippen molar-refractivity contribution in [2.75, 3.05) is 20.8 Å². The van der Waals surface area contributed by atoms with E-state index in [-0.39, 0.29) is 30.3 Å². The standard InChI is InChI=1S/C24H30N2O4/c1-17(27)25-23(19-9-11-21(29-2)12-10-19)16-24(28)26-13-5-7-20(26)14-18-6-4-8-22(15-18)30-3/h4,6,8-12,15,20,23H,5,7,13-14,16H2,1-3H3,(H,25,27). The summed E-state index contributed by atoms with van der Waals surface area (Å²) in [4.78, 5) is 26.9. The minimum Gasteiger partial charge on any atom is -0.497 e. The maximum absolute atomic E-state index is 13.2. The summed E-state index contributed by atoms with van der Waals surface area (Å²) < 4.78 is 10.5. The van der Waals surface area contributed by atoms with Gasteiger partial charge in [-0.3, -0.25) is 9.59 Å². The van der Waals surface area contributed by atoms with Crippen LogP contribution in [0.15, 0.2) is 48.5 Å². The quantitative estimate of drug-likeness (QED) is 0.723. The lowest BCUT2D eigenvalue weighted by Crippen LogP contribution is -2.39. The maximum atomic E-state index is 13.2. The molecule has 0 aromatic heterocycles. The molecular weight excluding hydrogens is 380 g/mol. The second kappa shape index (κ2) is 10.1. The summed E-state index contributed by atoms with van der Waals surface area (Å²) in [5, 5.41) is 2.92. The van der Waals surface area contributed by atoms with Crippen molar-refractivity contribution in [3.8, 4) is 11.5 Å². The molecule has 0 spiro atoms. The van der Waals surface area contributed by atoms with Gasteiger partial charge in [0.15, 0.2) is 0 Å². The number of ether oxygens (including phenoxy) is 2. The summed E-state index contributed by atoms with van der Waals surface area (Å²) >= 11 is 0. The Hall–Kier alpha value is -3.02. The Kier molecular flexibility index (Phi) is 7.33. The average Bonchev–Trinajstić information content (AvgIpc) is 3.21. The average molecular weight is 411 g/mol. The predicted molar refractivity (Wildman–Crippen MR) is 116 cm³/mol. The van der Waals surface area contributed by atoms with Crippen LogP contribution in [0.5, 0.6) is 11.5 Å². The number of carbonyl (C=O) groups is 2. The third kappa shape index (κ3) is 5.53. The largest absolute Gasteiger partial charge is 0.497 e. The zero-order valence-electron chi connectivity index (χ0n) is 17.9. The molecule has 1 fully saturated rings. The highest BCUT2D eigenvalue weighted by molar-refractivity contribution is 5.79. The Morgan fingerprint density at radius 3 is 2.50 bits per heavy atom. The van der Waals surface area contributed by atoms with E-state index in [1.54, 1.807) is 14.2 Å². The molecule has 1 saturated heterocycles. The molecule has 1 aliphatic rings. The maximum Gasteiger partial charge on any atom is 0.225 e. The van der Waals surface area contributed by atoms with Crippen molar-refractivity contribution in [3.63, 3.8) is 0 Å². The van der Waals surface area contributed by atoms with Gasteiger partial charge in [0.05, 0.1) is 26.7 Å². The molecule has 30 heavy (non-hydrogen) atoms. The Labute approximate surface area is 178 Å². The topological polar surface area (TPSA) is 67.9 Å². The summed E-state index contributed by atoms with van der Waals surface area (Å²) in [6.07, 6.45) is 3.01. The molecule has 6 heteroatoms. The first-order valence-electron chi connectivity index (χ1n) is 10.3. The smallest absolute Gasteiger partial charge is 0.225 e. The number of hydrogen-bond donors (Lipinski definition) is 1. The van der Waals surface area contributed by atoms with Gasteiger partial charge in [0.25, 0.3) is 0 Å². The Morgan fingerprint density at radius 1 is 1.10 bits per heavy atom. The Bertz CT molecular complexity index is 866. The molecule has 0 radical (unpaired) electrons. The van der Waals surface area contributed by atoms with Crippen LogP contribution in [0.2, 0.25) is 0 Å². The Balaban J connectivity index is 1.70. The molecule has 1 heterocycles. The van der Waals surface area contributed by atoms with Gasteiger partial charge < -0.3 is 19.7 Å². The number of methoxy groups -OCH3 is 2. The van der Waals surface area contributed by atoms with Gasteiger partial charge in [0, 0.05) is 19.5 Å². The number of rotatable bonds is 8.